The average Bonchev–Trinajstić information content (AvgIpc) is 2.58. The van der Waals surface area contributed by atoms with Gasteiger partial charge in [0.05, 0.1) is 13.3 Å². The Bertz CT molecular complexity index is 855. The van der Waals surface area contributed by atoms with E-state index in [2.05, 4.69) is 4.98 Å². The number of hydrogen-bond donors (Lipinski definition) is 0. The van der Waals surface area contributed by atoms with Crippen LogP contribution >= 0.6 is 0 Å². The van der Waals surface area contributed by atoms with Gasteiger partial charge in [0.25, 0.3) is 0 Å². The van der Waals surface area contributed by atoms with E-state index < -0.39 is 39.5 Å². The fourth-order valence-corrected chi connectivity index (χ4v) is 4.05. The van der Waals surface area contributed by atoms with Crippen molar-refractivity contribution in [1.29, 1.82) is 0 Å². The van der Waals surface area contributed by atoms with Crippen LogP contribution in [0.5, 0.6) is 5.75 Å². The van der Waals surface area contributed by atoms with Crippen LogP contribution in [0.1, 0.15) is 18.5 Å². The Balaban J connectivity index is 2.57. The molecule has 0 saturated heterocycles. The molecular formula is C16H16F4N2O3S. The van der Waals surface area contributed by atoms with Crippen LogP contribution in [-0.2, 0) is 10.0 Å². The Morgan fingerprint density at radius 1 is 1.19 bits per heavy atom. The third-order valence-electron chi connectivity index (χ3n) is 3.63. The van der Waals surface area contributed by atoms with Gasteiger partial charge in [-0.05, 0) is 23.8 Å². The van der Waals surface area contributed by atoms with Crippen LogP contribution in [0.3, 0.4) is 0 Å². The summed E-state index contributed by atoms with van der Waals surface area (Å²) in [6, 6.07) is 3.08. The Kier molecular flexibility index (Phi) is 5.87. The summed E-state index contributed by atoms with van der Waals surface area (Å²) < 4.78 is 85.1. The monoisotopic (exact) mass is 392 g/mol. The first-order valence-corrected chi connectivity index (χ1v) is 8.88. The van der Waals surface area contributed by atoms with Crippen LogP contribution < -0.4 is 4.74 Å². The van der Waals surface area contributed by atoms with Gasteiger partial charge >= 0.3 is 6.18 Å². The van der Waals surface area contributed by atoms with Gasteiger partial charge in [-0.1, -0.05) is 19.1 Å². The molecule has 5 nitrogen and oxygen atoms in total. The van der Waals surface area contributed by atoms with Crippen LogP contribution in [0, 0.1) is 5.82 Å². The minimum atomic E-state index is -4.89. The molecule has 0 fully saturated rings. The summed E-state index contributed by atoms with van der Waals surface area (Å²) in [6.07, 6.45) is -3.32. The van der Waals surface area contributed by atoms with Crippen LogP contribution in [0.25, 0.3) is 0 Å². The molecule has 0 aliphatic rings. The predicted molar refractivity (Wildman–Crippen MR) is 85.6 cm³/mol. The van der Waals surface area contributed by atoms with E-state index in [4.69, 9.17) is 4.74 Å². The van der Waals surface area contributed by atoms with Crippen molar-refractivity contribution < 1.29 is 30.7 Å². The number of rotatable bonds is 6. The van der Waals surface area contributed by atoms with Gasteiger partial charge in [0.2, 0.25) is 10.0 Å². The standard InChI is InChI=1S/C16H16F4N2O3S/c1-3-22(26(23,24)14-8-12(17)9-21-10-14)15(16(18,19)20)11-4-6-13(25-2)7-5-11/h4-10,15H,3H2,1-2H3/t15-/m0/s1. The quantitative estimate of drug-likeness (QED) is 0.706. The number of hydrogen-bond acceptors (Lipinski definition) is 4. The third kappa shape index (κ3) is 4.13. The Labute approximate surface area is 148 Å². The van der Waals surface area contributed by atoms with Crippen molar-refractivity contribution >= 4 is 10.0 Å². The normalized spacial score (nSPS) is 13.7. The first kappa shape index (κ1) is 20.1. The summed E-state index contributed by atoms with van der Waals surface area (Å²) in [5.74, 6) is -0.634. The molecule has 1 aromatic heterocycles. The zero-order valence-electron chi connectivity index (χ0n) is 13.9. The number of aromatic nitrogens is 1. The molecule has 26 heavy (non-hydrogen) atoms. The fraction of sp³-hybridized carbons (Fsp3) is 0.312. The van der Waals surface area contributed by atoms with Crippen LogP contribution in [0.15, 0.2) is 47.6 Å². The molecule has 0 saturated carbocycles. The molecule has 1 heterocycles. The van der Waals surface area contributed by atoms with Crippen molar-refractivity contribution in [3.8, 4) is 5.75 Å². The second kappa shape index (κ2) is 7.58. The maximum Gasteiger partial charge on any atom is 0.409 e. The highest BCUT2D eigenvalue weighted by Gasteiger charge is 2.48. The number of methoxy groups -OCH3 is 1. The molecule has 0 aliphatic carbocycles. The Morgan fingerprint density at radius 2 is 1.81 bits per heavy atom. The highest BCUT2D eigenvalue weighted by Crippen LogP contribution is 2.40. The molecule has 2 aromatic rings. The number of halogens is 4. The van der Waals surface area contributed by atoms with Crippen molar-refractivity contribution in [1.82, 2.24) is 9.29 Å². The van der Waals surface area contributed by atoms with Crippen molar-refractivity contribution in [2.45, 2.75) is 24.0 Å². The first-order chi connectivity index (χ1) is 12.1. The molecule has 0 unspecified atom stereocenters. The largest absolute Gasteiger partial charge is 0.497 e. The highest BCUT2D eigenvalue weighted by atomic mass is 32.2. The van der Waals surface area contributed by atoms with Gasteiger partial charge in [0.1, 0.15) is 22.5 Å². The predicted octanol–water partition coefficient (Wildman–Crippen LogP) is 3.54. The van der Waals surface area contributed by atoms with Gasteiger partial charge in [0, 0.05) is 12.7 Å². The lowest BCUT2D eigenvalue weighted by Gasteiger charge is -2.31. The highest BCUT2D eigenvalue weighted by molar-refractivity contribution is 7.89. The molecule has 2 rings (SSSR count). The Morgan fingerprint density at radius 3 is 2.27 bits per heavy atom. The van der Waals surface area contributed by atoms with Gasteiger partial charge in [0.15, 0.2) is 0 Å². The molecule has 1 aromatic carbocycles. The molecule has 0 aliphatic heterocycles. The van der Waals surface area contributed by atoms with E-state index in [0.717, 1.165) is 24.5 Å². The lowest BCUT2D eigenvalue weighted by Crippen LogP contribution is -2.42. The summed E-state index contributed by atoms with van der Waals surface area (Å²) in [6.45, 7) is 0.793. The fourth-order valence-electron chi connectivity index (χ4n) is 2.46. The minimum Gasteiger partial charge on any atom is -0.497 e. The number of benzene rings is 1. The second-order valence-corrected chi connectivity index (χ2v) is 7.16. The zero-order valence-corrected chi connectivity index (χ0v) is 14.7. The summed E-state index contributed by atoms with van der Waals surface area (Å²) in [7, 11) is -3.28. The van der Waals surface area contributed by atoms with E-state index in [1.807, 2.05) is 0 Å². The number of nitrogens with zero attached hydrogens (tertiary/aromatic N) is 2. The van der Waals surface area contributed by atoms with E-state index >= 15 is 0 Å². The van der Waals surface area contributed by atoms with Crippen molar-refractivity contribution in [3.05, 3.63) is 54.1 Å². The maximum absolute atomic E-state index is 13.7. The van der Waals surface area contributed by atoms with Crippen LogP contribution in [-0.4, -0.2) is 37.5 Å². The van der Waals surface area contributed by atoms with Gasteiger partial charge < -0.3 is 4.74 Å². The number of sulfonamides is 1. The molecule has 0 radical (unpaired) electrons. The van der Waals surface area contributed by atoms with Crippen LogP contribution in [0.4, 0.5) is 17.6 Å². The van der Waals surface area contributed by atoms with E-state index in [1.165, 1.54) is 26.2 Å². The summed E-state index contributed by atoms with van der Waals surface area (Å²) in [4.78, 5) is 2.75. The van der Waals surface area contributed by atoms with Gasteiger partial charge in [-0.15, -0.1) is 0 Å². The smallest absolute Gasteiger partial charge is 0.409 e. The number of ether oxygens (including phenoxy) is 1. The summed E-state index contributed by atoms with van der Waals surface area (Å²) in [5, 5.41) is 0. The van der Waals surface area contributed by atoms with Crippen molar-refractivity contribution in [2.24, 2.45) is 0 Å². The van der Waals surface area contributed by atoms with Crippen molar-refractivity contribution in [2.75, 3.05) is 13.7 Å². The van der Waals surface area contributed by atoms with Crippen molar-refractivity contribution in [3.63, 3.8) is 0 Å². The van der Waals surface area contributed by atoms with Gasteiger partial charge in [-0.2, -0.15) is 17.5 Å². The first-order valence-electron chi connectivity index (χ1n) is 7.44. The van der Waals surface area contributed by atoms with E-state index in [9.17, 15) is 26.0 Å². The molecule has 0 N–H and O–H groups in total. The lowest BCUT2D eigenvalue weighted by atomic mass is 10.1. The molecule has 1 atom stereocenters. The summed E-state index contributed by atoms with van der Waals surface area (Å²) >= 11 is 0. The van der Waals surface area contributed by atoms with Gasteiger partial charge in [-0.25, -0.2) is 12.8 Å². The molecule has 10 heteroatoms. The van der Waals surface area contributed by atoms with E-state index in [-0.39, 0.29) is 9.87 Å². The number of alkyl halides is 3. The molecular weight excluding hydrogens is 376 g/mol. The lowest BCUT2D eigenvalue weighted by molar-refractivity contribution is -0.173. The Hall–Kier alpha value is -2.20. The second-order valence-electron chi connectivity index (χ2n) is 5.26. The SMILES string of the molecule is CCN([C@@H](c1ccc(OC)cc1)C(F)(F)F)S(=O)(=O)c1cncc(F)c1. The summed E-state index contributed by atoms with van der Waals surface area (Å²) in [5.41, 5.74) is -0.284. The average molecular weight is 392 g/mol. The molecule has 0 amide bonds. The van der Waals surface area contributed by atoms with Gasteiger partial charge in [-0.3, -0.25) is 4.98 Å². The topological polar surface area (TPSA) is 59.5 Å². The van der Waals surface area contributed by atoms with E-state index in [0.29, 0.717) is 11.8 Å². The van der Waals surface area contributed by atoms with Crippen LogP contribution in [0.2, 0.25) is 0 Å². The third-order valence-corrected chi connectivity index (χ3v) is 5.53. The van der Waals surface area contributed by atoms with E-state index in [1.54, 1.807) is 0 Å². The molecule has 142 valence electrons. The zero-order chi connectivity index (χ0) is 19.5. The minimum absolute atomic E-state index is 0.269. The molecule has 0 spiro atoms. The maximum atomic E-state index is 13.7. The number of pyridine rings is 1. The molecule has 0 bridgehead atoms.